The summed E-state index contributed by atoms with van der Waals surface area (Å²) in [5, 5.41) is 1.59. The predicted molar refractivity (Wildman–Crippen MR) is 92.6 cm³/mol. The molecule has 3 rings (SSSR count). The zero-order valence-electron chi connectivity index (χ0n) is 14.3. The molecule has 5 heteroatoms. The van der Waals surface area contributed by atoms with Gasteiger partial charge in [-0.1, -0.05) is 54.1 Å². The molecule has 0 spiro atoms. The van der Waals surface area contributed by atoms with Crippen molar-refractivity contribution in [3.63, 3.8) is 0 Å². The first-order chi connectivity index (χ1) is 11.2. The second-order valence-corrected chi connectivity index (χ2v) is 5.91. The molecule has 0 bridgehead atoms. The smallest absolute Gasteiger partial charge is 0.609 e. The molecule has 4 nitrogen and oxygen atoms in total. The van der Waals surface area contributed by atoms with Gasteiger partial charge in [0.1, 0.15) is 0 Å². The Hall–Kier alpha value is -0.794. The van der Waals surface area contributed by atoms with E-state index in [-0.39, 0.29) is 51.4 Å². The number of nitrogens with zero attached hydrogens (tertiary/aromatic N) is 2. The molecule has 118 valence electrons. The van der Waals surface area contributed by atoms with E-state index in [0.29, 0.717) is 13.1 Å². The van der Waals surface area contributed by atoms with Crippen LogP contribution in [-0.4, -0.2) is 15.0 Å². The summed E-state index contributed by atoms with van der Waals surface area (Å²) < 4.78 is 0. The molecule has 0 atom stereocenters. The third-order valence-electron chi connectivity index (χ3n) is 3.84. The van der Waals surface area contributed by atoms with E-state index in [2.05, 4.69) is 65.4 Å². The summed E-state index contributed by atoms with van der Waals surface area (Å²) in [6.07, 6.45) is 4.40. The minimum atomic E-state index is 0. The predicted octanol–water partition coefficient (Wildman–Crippen LogP) is 1.28. The number of nitrogens with one attached hydrogen (secondary N) is 2. The summed E-state index contributed by atoms with van der Waals surface area (Å²) in [5.41, 5.74) is 5.92. The van der Waals surface area contributed by atoms with Gasteiger partial charge in [-0.2, -0.15) is 0 Å². The zero-order valence-corrected chi connectivity index (χ0v) is 17.4. The Morgan fingerprint density at radius 2 is 1.46 bits per heavy atom. The third-order valence-corrected chi connectivity index (χ3v) is 3.84. The average molecular weight is 345 g/mol. The molecule has 0 saturated carbocycles. The molecule has 0 aliphatic carbocycles. The van der Waals surface area contributed by atoms with Gasteiger partial charge >= 0.3 is 51.4 Å². The number of imidazole rings is 1. The van der Waals surface area contributed by atoms with Gasteiger partial charge in [0, 0.05) is 31.4 Å². The Balaban J connectivity index is 0.00000208. The average Bonchev–Trinajstić information content (AvgIpc) is 3.04. The minimum Gasteiger partial charge on any atom is -0.609 e. The zero-order chi connectivity index (χ0) is 16.1. The van der Waals surface area contributed by atoms with Gasteiger partial charge in [-0.15, -0.1) is 0 Å². The van der Waals surface area contributed by atoms with Crippen LogP contribution >= 0.6 is 0 Å². The topological polar surface area (TPSA) is 55.7 Å². The standard InChI is InChI=1S/C19H21N4.K/c1-15-2-4-17(5-3-15)12-23(20)13-18-8-6-16(7-9-18)10-19-11-21-14-22-19;/h2-9,11,14,20H,10,12-13H2,1H3,(H,21,22);/q-1;+1. The van der Waals surface area contributed by atoms with Crippen LogP contribution in [0.1, 0.15) is 27.9 Å². The molecule has 24 heavy (non-hydrogen) atoms. The third kappa shape index (κ3) is 5.93. The molecule has 0 unspecified atom stereocenters. The van der Waals surface area contributed by atoms with Gasteiger partial charge in [0.05, 0.1) is 6.33 Å². The molecule has 0 radical (unpaired) electrons. The second-order valence-electron chi connectivity index (χ2n) is 5.91. The summed E-state index contributed by atoms with van der Waals surface area (Å²) >= 11 is 0. The van der Waals surface area contributed by atoms with E-state index < -0.39 is 0 Å². The number of hydrogen-bond donors (Lipinski definition) is 1. The van der Waals surface area contributed by atoms with E-state index in [1.54, 1.807) is 11.3 Å². The maximum Gasteiger partial charge on any atom is 1.00 e. The van der Waals surface area contributed by atoms with Crippen LogP contribution in [0.3, 0.4) is 0 Å². The van der Waals surface area contributed by atoms with Crippen LogP contribution in [0.5, 0.6) is 0 Å². The fourth-order valence-corrected chi connectivity index (χ4v) is 2.55. The molecule has 1 heterocycles. The monoisotopic (exact) mass is 344 g/mol. The number of benzene rings is 2. The first-order valence-electron chi connectivity index (χ1n) is 7.76. The van der Waals surface area contributed by atoms with Crippen LogP contribution in [0.4, 0.5) is 0 Å². The summed E-state index contributed by atoms with van der Waals surface area (Å²) in [6.45, 7) is 3.33. The second kappa shape index (κ2) is 9.63. The van der Waals surface area contributed by atoms with Crippen molar-refractivity contribution in [2.24, 2.45) is 0 Å². The van der Waals surface area contributed by atoms with Crippen LogP contribution in [0.15, 0.2) is 61.1 Å². The summed E-state index contributed by atoms with van der Waals surface area (Å²) in [4.78, 5) is 7.15. The fraction of sp³-hybridized carbons (Fsp3) is 0.211. The number of hydrogen-bond acceptors (Lipinski definition) is 2. The van der Waals surface area contributed by atoms with Gasteiger partial charge in [0.2, 0.25) is 0 Å². The Bertz CT molecular complexity index is 721. The van der Waals surface area contributed by atoms with Gasteiger partial charge < -0.3 is 15.8 Å². The summed E-state index contributed by atoms with van der Waals surface area (Å²) in [7, 11) is 0. The summed E-state index contributed by atoms with van der Waals surface area (Å²) in [5.74, 6) is 8.13. The first kappa shape index (κ1) is 19.5. The maximum absolute atomic E-state index is 8.13. The van der Waals surface area contributed by atoms with Gasteiger partial charge in [-0.05, 0) is 23.6 Å². The fourth-order valence-electron chi connectivity index (χ4n) is 2.55. The summed E-state index contributed by atoms with van der Waals surface area (Å²) in [6, 6.07) is 16.8. The van der Waals surface area contributed by atoms with Gasteiger partial charge in [0.15, 0.2) is 0 Å². The van der Waals surface area contributed by atoms with E-state index in [1.807, 2.05) is 6.20 Å². The molecule has 0 fully saturated rings. The SMILES string of the molecule is Cc1ccc(CN([NH-])Cc2ccc(Cc3cnc[nH]3)cc2)cc1.[K+]. The Morgan fingerprint density at radius 1 is 0.917 bits per heavy atom. The Labute approximate surface area is 185 Å². The van der Waals surface area contributed by atoms with Gasteiger partial charge in [-0.25, -0.2) is 4.98 Å². The maximum atomic E-state index is 8.13. The largest absolute Gasteiger partial charge is 1.00 e. The van der Waals surface area contributed by atoms with Crippen molar-refractivity contribution in [2.45, 2.75) is 26.4 Å². The van der Waals surface area contributed by atoms with Crippen molar-refractivity contribution in [3.05, 3.63) is 94.8 Å². The number of aromatic nitrogens is 2. The van der Waals surface area contributed by atoms with Crippen molar-refractivity contribution in [3.8, 4) is 0 Å². The number of rotatable bonds is 6. The van der Waals surface area contributed by atoms with E-state index in [9.17, 15) is 0 Å². The van der Waals surface area contributed by atoms with Crippen LogP contribution in [0.2, 0.25) is 0 Å². The Morgan fingerprint density at radius 3 is 2.00 bits per heavy atom. The van der Waals surface area contributed by atoms with Crippen LogP contribution in [-0.2, 0) is 19.5 Å². The van der Waals surface area contributed by atoms with Crippen molar-refractivity contribution in [1.29, 1.82) is 0 Å². The van der Waals surface area contributed by atoms with Crippen LogP contribution in [0.25, 0.3) is 5.84 Å². The molecule has 2 aromatic carbocycles. The van der Waals surface area contributed by atoms with E-state index in [4.69, 9.17) is 5.84 Å². The number of aromatic amines is 1. The number of H-pyrrole nitrogens is 1. The quantitative estimate of drug-likeness (QED) is 0.541. The molecule has 2 N–H and O–H groups in total. The van der Waals surface area contributed by atoms with Crippen LogP contribution in [0, 0.1) is 6.92 Å². The first-order valence-corrected chi connectivity index (χ1v) is 7.76. The normalized spacial score (nSPS) is 10.6. The minimum absolute atomic E-state index is 0. The molecule has 0 aliphatic rings. The van der Waals surface area contributed by atoms with Crippen molar-refractivity contribution in [2.75, 3.05) is 0 Å². The van der Waals surface area contributed by atoms with E-state index >= 15 is 0 Å². The molecular formula is C19H21KN4. The molecule has 1 aromatic heterocycles. The van der Waals surface area contributed by atoms with E-state index in [0.717, 1.165) is 17.7 Å². The molecular weight excluding hydrogens is 323 g/mol. The molecule has 0 saturated heterocycles. The molecule has 0 aliphatic heterocycles. The molecule has 0 amide bonds. The van der Waals surface area contributed by atoms with Gasteiger partial charge in [0.25, 0.3) is 0 Å². The van der Waals surface area contributed by atoms with Crippen molar-refractivity contribution in [1.82, 2.24) is 15.0 Å². The number of aryl methyl sites for hydroxylation is 1. The molecule has 3 aromatic rings. The van der Waals surface area contributed by atoms with Crippen molar-refractivity contribution >= 4 is 0 Å². The van der Waals surface area contributed by atoms with E-state index in [1.165, 1.54) is 16.7 Å². The van der Waals surface area contributed by atoms with Crippen LogP contribution < -0.4 is 51.4 Å². The van der Waals surface area contributed by atoms with Crippen molar-refractivity contribution < 1.29 is 51.4 Å². The van der Waals surface area contributed by atoms with Gasteiger partial charge in [-0.3, -0.25) is 0 Å². The Kier molecular flexibility index (Phi) is 7.83.